The van der Waals surface area contributed by atoms with Crippen molar-refractivity contribution < 1.29 is 4.74 Å². The van der Waals surface area contributed by atoms with Gasteiger partial charge in [0.05, 0.1) is 7.11 Å². The Kier molecular flexibility index (Phi) is 3.39. The normalized spacial score (nSPS) is 10.4. The van der Waals surface area contributed by atoms with Crippen LogP contribution in [-0.4, -0.2) is 7.11 Å². The van der Waals surface area contributed by atoms with E-state index in [2.05, 4.69) is 25.1 Å². The van der Waals surface area contributed by atoms with E-state index in [0.717, 1.165) is 16.3 Å². The smallest absolute Gasteiger partial charge is 0.121 e. The summed E-state index contributed by atoms with van der Waals surface area (Å²) in [6, 6.07) is 12.2. The van der Waals surface area contributed by atoms with Crippen molar-refractivity contribution in [3.63, 3.8) is 0 Å². The van der Waals surface area contributed by atoms with Gasteiger partial charge in [-0.2, -0.15) is 0 Å². The molecule has 0 aromatic heterocycles. The average molecular weight is 247 g/mol. The van der Waals surface area contributed by atoms with E-state index in [-0.39, 0.29) is 0 Å². The number of aryl methyl sites for hydroxylation is 2. The van der Waals surface area contributed by atoms with Crippen LogP contribution in [0, 0.1) is 13.8 Å². The molecule has 0 fully saturated rings. The van der Waals surface area contributed by atoms with Crippen molar-refractivity contribution in [1.29, 1.82) is 0 Å². The second kappa shape index (κ2) is 4.80. The largest absolute Gasteiger partial charge is 0.496 e. The van der Waals surface area contributed by atoms with Crippen molar-refractivity contribution in [3.05, 3.63) is 52.5 Å². The summed E-state index contributed by atoms with van der Waals surface area (Å²) in [4.78, 5) is 0. The molecule has 0 bridgehead atoms. The maximum atomic E-state index is 5.96. The molecule has 88 valence electrons. The fraction of sp³-hybridized carbons (Fsp3) is 0.200. The van der Waals surface area contributed by atoms with Gasteiger partial charge < -0.3 is 4.74 Å². The molecule has 0 N–H and O–H groups in total. The van der Waals surface area contributed by atoms with E-state index in [9.17, 15) is 0 Å². The van der Waals surface area contributed by atoms with E-state index < -0.39 is 0 Å². The lowest BCUT2D eigenvalue weighted by molar-refractivity contribution is 0.412. The first kappa shape index (κ1) is 12.0. The Labute approximate surface area is 107 Å². The second-order valence-corrected chi connectivity index (χ2v) is 4.58. The molecule has 0 atom stereocenters. The summed E-state index contributed by atoms with van der Waals surface area (Å²) in [7, 11) is 1.69. The van der Waals surface area contributed by atoms with E-state index in [0.29, 0.717) is 0 Å². The highest BCUT2D eigenvalue weighted by atomic mass is 35.5. The molecule has 2 heteroatoms. The van der Waals surface area contributed by atoms with Crippen LogP contribution in [0.4, 0.5) is 0 Å². The van der Waals surface area contributed by atoms with Crippen LogP contribution in [0.2, 0.25) is 5.02 Å². The molecule has 0 unspecified atom stereocenters. The molecule has 0 heterocycles. The molecular weight excluding hydrogens is 232 g/mol. The molecule has 0 saturated heterocycles. The standard InChI is InChI=1S/C15H15ClO/c1-10-9-13(16)5-6-14(10)12-4-7-15(17-3)11(2)8-12/h4-9H,1-3H3. The summed E-state index contributed by atoms with van der Waals surface area (Å²) < 4.78 is 5.26. The van der Waals surface area contributed by atoms with E-state index in [1.807, 2.05) is 25.1 Å². The van der Waals surface area contributed by atoms with Gasteiger partial charge in [0.25, 0.3) is 0 Å². The molecule has 2 rings (SSSR count). The monoisotopic (exact) mass is 246 g/mol. The number of rotatable bonds is 2. The highest BCUT2D eigenvalue weighted by molar-refractivity contribution is 6.30. The zero-order valence-corrected chi connectivity index (χ0v) is 11.0. The van der Waals surface area contributed by atoms with Crippen molar-refractivity contribution in [3.8, 4) is 16.9 Å². The molecule has 0 amide bonds. The Morgan fingerprint density at radius 1 is 0.941 bits per heavy atom. The Morgan fingerprint density at radius 3 is 2.29 bits per heavy atom. The van der Waals surface area contributed by atoms with Gasteiger partial charge in [-0.05, 0) is 60.4 Å². The van der Waals surface area contributed by atoms with Gasteiger partial charge in [0.2, 0.25) is 0 Å². The first-order valence-corrected chi connectivity index (χ1v) is 5.91. The number of ether oxygens (including phenoxy) is 1. The summed E-state index contributed by atoms with van der Waals surface area (Å²) in [5, 5.41) is 0.775. The molecule has 0 aliphatic rings. The number of benzene rings is 2. The van der Waals surface area contributed by atoms with Gasteiger partial charge in [-0.25, -0.2) is 0 Å². The Bertz CT molecular complexity index is 547. The van der Waals surface area contributed by atoms with Gasteiger partial charge in [0.1, 0.15) is 5.75 Å². The predicted octanol–water partition coefficient (Wildman–Crippen LogP) is 4.63. The van der Waals surface area contributed by atoms with Crippen molar-refractivity contribution in [2.45, 2.75) is 13.8 Å². The van der Waals surface area contributed by atoms with Crippen LogP contribution >= 0.6 is 11.6 Å². The van der Waals surface area contributed by atoms with E-state index in [1.54, 1.807) is 7.11 Å². The zero-order chi connectivity index (χ0) is 12.4. The van der Waals surface area contributed by atoms with Crippen molar-refractivity contribution in [1.82, 2.24) is 0 Å². The summed E-state index contributed by atoms with van der Waals surface area (Å²) in [6.45, 7) is 4.12. The fourth-order valence-corrected chi connectivity index (χ4v) is 2.22. The first-order valence-electron chi connectivity index (χ1n) is 5.53. The number of hydrogen-bond donors (Lipinski definition) is 0. The van der Waals surface area contributed by atoms with Crippen molar-refractivity contribution in [2.75, 3.05) is 7.11 Å². The number of hydrogen-bond acceptors (Lipinski definition) is 1. The third kappa shape index (κ3) is 2.45. The maximum Gasteiger partial charge on any atom is 0.121 e. The summed E-state index contributed by atoms with van der Waals surface area (Å²) in [5.74, 6) is 0.917. The zero-order valence-electron chi connectivity index (χ0n) is 10.3. The molecule has 1 nitrogen and oxygen atoms in total. The molecule has 2 aromatic carbocycles. The summed E-state index contributed by atoms with van der Waals surface area (Å²) in [5.41, 5.74) is 4.72. The van der Waals surface area contributed by atoms with E-state index >= 15 is 0 Å². The molecular formula is C15H15ClO. The van der Waals surface area contributed by atoms with Crippen LogP contribution in [0.1, 0.15) is 11.1 Å². The lowest BCUT2D eigenvalue weighted by Crippen LogP contribution is -1.89. The molecule has 0 spiro atoms. The van der Waals surface area contributed by atoms with Crippen LogP contribution in [0.25, 0.3) is 11.1 Å². The van der Waals surface area contributed by atoms with Crippen LogP contribution < -0.4 is 4.74 Å². The molecule has 0 aliphatic heterocycles. The number of methoxy groups -OCH3 is 1. The minimum absolute atomic E-state index is 0.775. The predicted molar refractivity (Wildman–Crippen MR) is 72.9 cm³/mol. The van der Waals surface area contributed by atoms with Gasteiger partial charge in [-0.3, -0.25) is 0 Å². The molecule has 0 aliphatic carbocycles. The van der Waals surface area contributed by atoms with E-state index in [4.69, 9.17) is 16.3 Å². The first-order chi connectivity index (χ1) is 8.11. The average Bonchev–Trinajstić information content (AvgIpc) is 2.29. The van der Waals surface area contributed by atoms with Crippen LogP contribution in [0.5, 0.6) is 5.75 Å². The summed E-state index contributed by atoms with van der Waals surface area (Å²) in [6.07, 6.45) is 0. The minimum Gasteiger partial charge on any atom is -0.496 e. The quantitative estimate of drug-likeness (QED) is 0.751. The van der Waals surface area contributed by atoms with Crippen molar-refractivity contribution in [2.24, 2.45) is 0 Å². The lowest BCUT2D eigenvalue weighted by Gasteiger charge is -2.10. The molecule has 2 aromatic rings. The minimum atomic E-state index is 0.775. The van der Waals surface area contributed by atoms with E-state index in [1.165, 1.54) is 16.7 Å². The Hall–Kier alpha value is -1.47. The highest BCUT2D eigenvalue weighted by Gasteiger charge is 2.05. The van der Waals surface area contributed by atoms with Crippen LogP contribution in [0.3, 0.4) is 0 Å². The van der Waals surface area contributed by atoms with Crippen LogP contribution in [-0.2, 0) is 0 Å². The third-order valence-electron chi connectivity index (χ3n) is 2.89. The van der Waals surface area contributed by atoms with Crippen LogP contribution in [0.15, 0.2) is 36.4 Å². The summed E-state index contributed by atoms with van der Waals surface area (Å²) >= 11 is 5.96. The van der Waals surface area contributed by atoms with Gasteiger partial charge in [-0.15, -0.1) is 0 Å². The topological polar surface area (TPSA) is 9.23 Å². The third-order valence-corrected chi connectivity index (χ3v) is 3.13. The second-order valence-electron chi connectivity index (χ2n) is 4.14. The molecule has 0 radical (unpaired) electrons. The number of halogens is 1. The molecule has 0 saturated carbocycles. The Balaban J connectivity index is 2.50. The van der Waals surface area contributed by atoms with Gasteiger partial charge >= 0.3 is 0 Å². The highest BCUT2D eigenvalue weighted by Crippen LogP contribution is 2.29. The van der Waals surface area contributed by atoms with Gasteiger partial charge in [0, 0.05) is 5.02 Å². The molecule has 17 heavy (non-hydrogen) atoms. The van der Waals surface area contributed by atoms with Gasteiger partial charge in [0.15, 0.2) is 0 Å². The lowest BCUT2D eigenvalue weighted by atomic mass is 9.99. The van der Waals surface area contributed by atoms with Crippen molar-refractivity contribution >= 4 is 11.6 Å². The maximum absolute atomic E-state index is 5.96. The SMILES string of the molecule is COc1ccc(-c2ccc(Cl)cc2C)cc1C. The Morgan fingerprint density at radius 2 is 1.71 bits per heavy atom. The van der Waals surface area contributed by atoms with Gasteiger partial charge in [-0.1, -0.05) is 23.7 Å². The fourth-order valence-electron chi connectivity index (χ4n) is 2.00.